The van der Waals surface area contributed by atoms with Crippen LogP contribution in [0.1, 0.15) is 18.4 Å². The van der Waals surface area contributed by atoms with Crippen LogP contribution < -0.4 is 21.9 Å². The second-order valence-electron chi connectivity index (χ2n) is 8.72. The van der Waals surface area contributed by atoms with E-state index in [4.69, 9.17) is 5.73 Å². The van der Waals surface area contributed by atoms with E-state index in [1.54, 1.807) is 24.7 Å². The van der Waals surface area contributed by atoms with Crippen molar-refractivity contribution in [3.8, 4) is 28.3 Å². The van der Waals surface area contributed by atoms with Gasteiger partial charge in [-0.05, 0) is 30.7 Å². The van der Waals surface area contributed by atoms with Gasteiger partial charge in [-0.1, -0.05) is 28.1 Å². The molecule has 0 saturated heterocycles. The fourth-order valence-electron chi connectivity index (χ4n) is 4.80. The molecule has 0 amide bonds. The van der Waals surface area contributed by atoms with Gasteiger partial charge in [0.15, 0.2) is 0 Å². The number of hydrogen-bond donors (Lipinski definition) is 7. The summed E-state index contributed by atoms with van der Waals surface area (Å²) in [4.78, 5) is 27.1. The summed E-state index contributed by atoms with van der Waals surface area (Å²) in [7, 11) is 0. The number of nitrogens with one attached hydrogen (secondary N) is 4. The molecular weight excluding hydrogens is 510 g/mol. The van der Waals surface area contributed by atoms with Crippen LogP contribution in [-0.4, -0.2) is 31.3 Å². The van der Waals surface area contributed by atoms with Gasteiger partial charge in [0.25, 0.3) is 5.56 Å². The molecule has 10 heteroatoms. The highest BCUT2D eigenvalue weighted by Crippen LogP contribution is 2.39. The van der Waals surface area contributed by atoms with Crippen LogP contribution in [0.5, 0.6) is 5.75 Å². The van der Waals surface area contributed by atoms with Crippen molar-refractivity contribution in [2.45, 2.75) is 19.1 Å². The third-order valence-electron chi connectivity index (χ3n) is 6.60. The number of phenols is 1. The topological polar surface area (TPSA) is 152 Å². The van der Waals surface area contributed by atoms with E-state index in [0.717, 1.165) is 43.1 Å². The van der Waals surface area contributed by atoms with Crippen LogP contribution in [-0.2, 0) is 0 Å². The Kier molecular flexibility index (Phi) is 5.03. The van der Waals surface area contributed by atoms with Gasteiger partial charge in [-0.15, -0.1) is 0 Å². The number of halogens is 1. The number of hydrogen-bond acceptors (Lipinski definition) is 5. The number of H-pyrrole nitrogens is 3. The number of nitrogens with two attached hydrogens (primary N) is 2. The van der Waals surface area contributed by atoms with Crippen molar-refractivity contribution < 1.29 is 10.4 Å². The van der Waals surface area contributed by atoms with Crippen LogP contribution in [0.25, 0.3) is 44.3 Å². The highest BCUT2D eigenvalue weighted by Gasteiger charge is 2.26. The quantitative estimate of drug-likeness (QED) is 0.190. The molecule has 0 saturated carbocycles. The highest BCUT2D eigenvalue weighted by atomic mass is 79.9. The fourth-order valence-corrected chi connectivity index (χ4v) is 5.16. The number of benzene rings is 2. The molecule has 35 heavy (non-hydrogen) atoms. The van der Waals surface area contributed by atoms with Crippen molar-refractivity contribution in [3.63, 3.8) is 0 Å². The molecule has 1 aliphatic heterocycles. The van der Waals surface area contributed by atoms with Crippen molar-refractivity contribution in [1.29, 1.82) is 0 Å². The first-order valence-corrected chi connectivity index (χ1v) is 12.0. The Balaban J connectivity index is 1.47. The Morgan fingerprint density at radius 3 is 2.77 bits per heavy atom. The molecule has 9 N–H and O–H groups in total. The Morgan fingerprint density at radius 1 is 1.17 bits per heavy atom. The lowest BCUT2D eigenvalue weighted by molar-refractivity contribution is -0.640. The van der Waals surface area contributed by atoms with Crippen molar-refractivity contribution in [2.24, 2.45) is 5.73 Å². The third-order valence-corrected chi connectivity index (χ3v) is 7.10. The molecule has 0 bridgehead atoms. The molecule has 1 aliphatic rings. The van der Waals surface area contributed by atoms with E-state index in [-0.39, 0.29) is 23.5 Å². The summed E-state index contributed by atoms with van der Waals surface area (Å²) >= 11 is 3.47. The van der Waals surface area contributed by atoms with Gasteiger partial charge in [0, 0.05) is 44.3 Å². The fraction of sp³-hybridized carbons (Fsp3) is 0.120. The minimum Gasteiger partial charge on any atom is -0.506 e. The molecule has 4 heterocycles. The number of quaternary nitrogens is 1. The third kappa shape index (κ3) is 3.54. The lowest BCUT2D eigenvalue weighted by Crippen LogP contribution is -2.91. The average molecular weight is 533 g/mol. The van der Waals surface area contributed by atoms with Gasteiger partial charge in [0.2, 0.25) is 6.29 Å². The minimum absolute atomic E-state index is 0.0122. The molecule has 5 aromatic rings. The zero-order valence-corrected chi connectivity index (χ0v) is 20.3. The monoisotopic (exact) mass is 532 g/mol. The van der Waals surface area contributed by atoms with Gasteiger partial charge < -0.3 is 25.4 Å². The smallest absolute Gasteiger partial charge is 0.275 e. The number of phenolic OH excluding ortho intramolecular Hbond substituents is 1. The van der Waals surface area contributed by atoms with Crippen LogP contribution >= 0.6 is 15.9 Å². The van der Waals surface area contributed by atoms with Gasteiger partial charge in [-0.2, -0.15) is 0 Å². The molecule has 2 atom stereocenters. The average Bonchev–Trinajstić information content (AvgIpc) is 3.57. The van der Waals surface area contributed by atoms with Gasteiger partial charge >= 0.3 is 0 Å². The van der Waals surface area contributed by atoms with E-state index in [9.17, 15) is 9.90 Å². The number of fused-ring (bicyclic) bond motifs is 2. The zero-order chi connectivity index (χ0) is 24.3. The first-order valence-electron chi connectivity index (χ1n) is 11.2. The summed E-state index contributed by atoms with van der Waals surface area (Å²) in [5.41, 5.74) is 11.6. The summed E-state index contributed by atoms with van der Waals surface area (Å²) in [6.07, 6.45) is 6.94. The maximum atomic E-state index is 13.2. The molecule has 0 spiro atoms. The molecule has 1 unspecified atom stereocenters. The van der Waals surface area contributed by atoms with Crippen molar-refractivity contribution in [3.05, 3.63) is 81.2 Å². The van der Waals surface area contributed by atoms with Crippen molar-refractivity contribution >= 4 is 37.7 Å². The second kappa shape index (κ2) is 8.12. The number of allylic oxidation sites excluding steroid dienone is 1. The van der Waals surface area contributed by atoms with E-state index < -0.39 is 0 Å². The molecule has 6 rings (SSSR count). The number of aromatic nitrogens is 4. The standard InChI is InChI=1S/C25H22BrN7O2/c1-11(18-9-31-25(27)33-18)13-4-5-20(34)23-21(13)16(8-29-23)19-10-30-22(24(35)32-19)15-7-28-17-6-12(26)2-3-14(15)17/h2-11,25,28-29,31,33-34H,27H2,1H3,(H,32,35)/p+1/t11-,25?/m1/s1. The van der Waals surface area contributed by atoms with E-state index in [1.165, 1.54) is 0 Å². The summed E-state index contributed by atoms with van der Waals surface area (Å²) < 4.78 is 0.951. The largest absolute Gasteiger partial charge is 0.506 e. The normalized spacial score (nSPS) is 16.5. The molecule has 2 aromatic carbocycles. The SMILES string of the molecule is C[C@@H](C1=CNC(N)[NH2+]1)c1ccc(O)c2[nH]cc(-c3cnc(-c4c[nH]c5cc(Br)ccc45)c(=O)[nH]3)c12. The summed E-state index contributed by atoms with van der Waals surface area (Å²) in [6, 6.07) is 9.43. The molecule has 0 fully saturated rings. The summed E-state index contributed by atoms with van der Waals surface area (Å²) in [5, 5.41) is 17.3. The van der Waals surface area contributed by atoms with E-state index >= 15 is 0 Å². The summed E-state index contributed by atoms with van der Waals surface area (Å²) in [5.74, 6) is 0.150. The maximum absolute atomic E-state index is 13.2. The zero-order valence-electron chi connectivity index (χ0n) is 18.7. The molecule has 9 nitrogen and oxygen atoms in total. The van der Waals surface area contributed by atoms with E-state index in [1.807, 2.05) is 35.8 Å². The molecule has 3 aromatic heterocycles. The highest BCUT2D eigenvalue weighted by molar-refractivity contribution is 9.10. The van der Waals surface area contributed by atoms with Crippen LogP contribution in [0.4, 0.5) is 0 Å². The predicted octanol–water partition coefficient (Wildman–Crippen LogP) is 2.89. The Hall–Kier alpha value is -3.86. The van der Waals surface area contributed by atoms with Gasteiger partial charge in [-0.3, -0.25) is 15.8 Å². The molecular formula is C25H23BrN7O2+. The van der Waals surface area contributed by atoms with E-state index in [2.05, 4.69) is 48.1 Å². The Morgan fingerprint density at radius 2 is 2.00 bits per heavy atom. The molecule has 176 valence electrons. The van der Waals surface area contributed by atoms with Gasteiger partial charge in [-0.25, -0.2) is 4.98 Å². The van der Waals surface area contributed by atoms with Gasteiger partial charge in [0.05, 0.1) is 29.5 Å². The number of aromatic amines is 3. The minimum atomic E-state index is -0.294. The first kappa shape index (κ1) is 21.7. The van der Waals surface area contributed by atoms with Crippen LogP contribution in [0.3, 0.4) is 0 Å². The second-order valence-corrected chi connectivity index (χ2v) is 9.63. The number of nitrogens with zero attached hydrogens (tertiary/aromatic N) is 1. The van der Waals surface area contributed by atoms with Crippen molar-refractivity contribution in [1.82, 2.24) is 25.3 Å². The van der Waals surface area contributed by atoms with Crippen molar-refractivity contribution in [2.75, 3.05) is 0 Å². The first-order chi connectivity index (χ1) is 16.9. The van der Waals surface area contributed by atoms with E-state index in [0.29, 0.717) is 16.9 Å². The van der Waals surface area contributed by atoms with Crippen LogP contribution in [0, 0.1) is 0 Å². The van der Waals surface area contributed by atoms with Crippen LogP contribution in [0.15, 0.2) is 70.1 Å². The number of rotatable bonds is 4. The van der Waals surface area contributed by atoms with Crippen LogP contribution in [0.2, 0.25) is 0 Å². The molecule has 0 radical (unpaired) electrons. The predicted molar refractivity (Wildman–Crippen MR) is 138 cm³/mol. The Bertz CT molecular complexity index is 1700. The lowest BCUT2D eigenvalue weighted by Gasteiger charge is -2.14. The summed E-state index contributed by atoms with van der Waals surface area (Å²) in [6.45, 7) is 2.09. The maximum Gasteiger partial charge on any atom is 0.275 e. The Labute approximate surface area is 207 Å². The lowest BCUT2D eigenvalue weighted by atomic mass is 9.92. The molecule has 0 aliphatic carbocycles. The number of aromatic hydroxyl groups is 1. The van der Waals surface area contributed by atoms with Gasteiger partial charge in [0.1, 0.15) is 17.1 Å².